The van der Waals surface area contributed by atoms with Crippen LogP contribution in [0.5, 0.6) is 0 Å². The van der Waals surface area contributed by atoms with E-state index in [0.29, 0.717) is 11.5 Å². The molecule has 67 heavy (non-hydrogen) atoms. The number of rotatable bonds is 35. The van der Waals surface area contributed by atoms with Crippen molar-refractivity contribution in [3.05, 3.63) is 87.2 Å². The minimum atomic E-state index is -1.09. The van der Waals surface area contributed by atoms with E-state index in [1.807, 2.05) is 0 Å². The second kappa shape index (κ2) is 41.9. The van der Waals surface area contributed by atoms with Crippen LogP contribution in [-0.2, 0) is 66.8 Å². The smallest absolute Gasteiger partial charge is 0.358 e. The van der Waals surface area contributed by atoms with Gasteiger partial charge in [-0.1, -0.05) is 95.4 Å². The third-order valence-corrected chi connectivity index (χ3v) is 8.89. The highest BCUT2D eigenvalue weighted by atomic mass is 16.7. The molecule has 0 aromatic heterocycles. The van der Waals surface area contributed by atoms with Crippen molar-refractivity contribution in [2.75, 3.05) is 59.4 Å². The molecule has 0 saturated carbocycles. The molecule has 0 spiro atoms. The molecule has 1 aliphatic rings. The third kappa shape index (κ3) is 36.2. The average molecular weight is 927 g/mol. The normalized spacial score (nSPS) is 11.3. The van der Waals surface area contributed by atoms with Crippen molar-refractivity contribution in [2.24, 2.45) is 0 Å². The Morgan fingerprint density at radius 1 is 0.597 bits per heavy atom. The maximum Gasteiger partial charge on any atom is 0.358 e. The van der Waals surface area contributed by atoms with Crippen LogP contribution in [0.3, 0.4) is 0 Å². The molecular weight excluding hydrogens is 865 g/mol. The Morgan fingerprint density at radius 2 is 1.10 bits per heavy atom. The molecule has 16 heteroatoms. The molecule has 1 rings (SSSR count). The molecule has 1 N–H and O–H groups in total. The summed E-state index contributed by atoms with van der Waals surface area (Å²) in [5, 5.41) is 3.07. The number of amides is 3. The van der Waals surface area contributed by atoms with Crippen molar-refractivity contribution in [1.29, 1.82) is 0 Å². The molecule has 1 unspecified atom stereocenters. The predicted molar refractivity (Wildman–Crippen MR) is 240 cm³/mol. The van der Waals surface area contributed by atoms with Gasteiger partial charge in [0.15, 0.2) is 6.10 Å². The summed E-state index contributed by atoms with van der Waals surface area (Å²) in [6.45, 7) is 5.23. The molecule has 0 bridgehead atoms. The second-order valence-electron chi connectivity index (χ2n) is 14.4. The third-order valence-electron chi connectivity index (χ3n) is 8.89. The van der Waals surface area contributed by atoms with E-state index in [-0.39, 0.29) is 71.7 Å². The highest BCUT2D eigenvalue weighted by molar-refractivity contribution is 6.01. The first-order valence-corrected chi connectivity index (χ1v) is 22.6. The number of carbonyl (C=O) groups excluding carboxylic acids is 7. The Labute approximate surface area is 393 Å². The summed E-state index contributed by atoms with van der Waals surface area (Å²) in [6, 6.07) is 0. The molecule has 1 saturated heterocycles. The van der Waals surface area contributed by atoms with Crippen LogP contribution < -0.4 is 5.32 Å². The molecule has 3 amide bonds. The summed E-state index contributed by atoms with van der Waals surface area (Å²) in [6.07, 6.45) is 14.6. The lowest BCUT2D eigenvalue weighted by Gasteiger charge is -2.17. The van der Waals surface area contributed by atoms with Gasteiger partial charge in [0, 0.05) is 32.2 Å². The molecule has 1 aliphatic heterocycles. The first kappa shape index (κ1) is 58.3. The van der Waals surface area contributed by atoms with Crippen molar-refractivity contribution in [2.45, 2.75) is 129 Å². The largest absolute Gasteiger partial charge is 0.462 e. The molecule has 1 atom stereocenters. The lowest BCUT2D eigenvalue weighted by molar-refractivity contribution is -0.200. The molecule has 1 heterocycles. The number of hydroxylamine groups is 2. The SMILES string of the molecule is C=C=C=C=C=C=C=C=C=C=C=C=C=C=CC(=O)OCC(COC(=O)CCC(=O)NCCOCCOCCOCC(=O)ON1C(=O)CCC1=O)OC(=O)CCCCCCCCCCCCCCC. The first-order valence-electron chi connectivity index (χ1n) is 22.6. The van der Waals surface area contributed by atoms with Gasteiger partial charge < -0.3 is 38.6 Å². The summed E-state index contributed by atoms with van der Waals surface area (Å²) < 4.78 is 31.8. The van der Waals surface area contributed by atoms with E-state index in [2.05, 4.69) is 98.2 Å². The Balaban J connectivity index is 2.47. The first-order chi connectivity index (χ1) is 32.7. The summed E-state index contributed by atoms with van der Waals surface area (Å²) in [7, 11) is 0. The standard InChI is InChI=1S/C51H62N2O14/c1-3-5-7-9-11-13-15-17-19-21-23-25-27-29-48(57)64-41-44(66-50(59)30-28-26-24-22-20-18-16-14-12-10-8-6-4-2)42-65-49(58)34-31-45(54)52-35-36-61-37-38-62-39-40-63-43-51(60)67-53-46(55)32-33-47(53)56/h29,44H,1,4,6,8,10,12,14,16,18,20,22,24,26,28,30-43H2,2H3,(H,52,54). The second-order valence-corrected chi connectivity index (χ2v) is 14.4. The lowest BCUT2D eigenvalue weighted by atomic mass is 10.0. The van der Waals surface area contributed by atoms with Gasteiger partial charge >= 0.3 is 23.9 Å². The van der Waals surface area contributed by atoms with Gasteiger partial charge in [-0.2, -0.15) is 0 Å². The molecule has 0 radical (unpaired) electrons. The van der Waals surface area contributed by atoms with Crippen molar-refractivity contribution in [1.82, 2.24) is 10.4 Å². The van der Waals surface area contributed by atoms with Crippen LogP contribution in [0.15, 0.2) is 87.2 Å². The Kier molecular flexibility index (Phi) is 36.5. The van der Waals surface area contributed by atoms with E-state index in [1.54, 1.807) is 0 Å². The van der Waals surface area contributed by atoms with Crippen molar-refractivity contribution in [3.63, 3.8) is 0 Å². The lowest BCUT2D eigenvalue weighted by Crippen LogP contribution is -2.33. The number of unbranched alkanes of at least 4 members (excludes halogenated alkanes) is 12. The van der Waals surface area contributed by atoms with Crippen molar-refractivity contribution < 1.29 is 66.8 Å². The molecule has 0 aromatic rings. The fourth-order valence-electron chi connectivity index (χ4n) is 5.53. The monoisotopic (exact) mass is 926 g/mol. The number of ether oxygens (including phenoxy) is 6. The maximum absolute atomic E-state index is 12.7. The van der Waals surface area contributed by atoms with Gasteiger partial charge in [-0.05, 0) is 76.0 Å². The van der Waals surface area contributed by atoms with Gasteiger partial charge in [0.05, 0.1) is 45.5 Å². The topological polar surface area (TPSA) is 199 Å². The Bertz CT molecular complexity index is 2100. The van der Waals surface area contributed by atoms with Gasteiger partial charge in [0.25, 0.3) is 11.8 Å². The molecule has 1 fully saturated rings. The summed E-state index contributed by atoms with van der Waals surface area (Å²) >= 11 is 0. The number of hydrogen-bond acceptors (Lipinski definition) is 14. The molecule has 360 valence electrons. The zero-order valence-electron chi connectivity index (χ0n) is 38.6. The van der Waals surface area contributed by atoms with Crippen LogP contribution in [0.4, 0.5) is 0 Å². The van der Waals surface area contributed by atoms with Crippen LogP contribution in [0.1, 0.15) is 122 Å². The summed E-state index contributed by atoms with van der Waals surface area (Å²) in [5.41, 5.74) is 31.8. The summed E-state index contributed by atoms with van der Waals surface area (Å²) in [4.78, 5) is 89.1. The van der Waals surface area contributed by atoms with Crippen LogP contribution >= 0.6 is 0 Å². The predicted octanol–water partition coefficient (Wildman–Crippen LogP) is 6.22. The number of nitrogens with one attached hydrogen (secondary N) is 1. The molecule has 0 aliphatic carbocycles. The van der Waals surface area contributed by atoms with Gasteiger partial charge in [0.2, 0.25) is 5.91 Å². The zero-order chi connectivity index (χ0) is 48.8. The fraction of sp³-hybridized carbons (Fsp3) is 0.569. The molecule has 0 aromatic carbocycles. The number of carbonyl (C=O) groups is 7. The van der Waals surface area contributed by atoms with E-state index in [4.69, 9.17) is 28.4 Å². The highest BCUT2D eigenvalue weighted by Gasteiger charge is 2.32. The molecule has 16 nitrogen and oxygen atoms in total. The van der Waals surface area contributed by atoms with Gasteiger partial charge in [0.1, 0.15) is 19.8 Å². The van der Waals surface area contributed by atoms with Crippen molar-refractivity contribution in [3.8, 4) is 0 Å². The van der Waals surface area contributed by atoms with Crippen LogP contribution in [0.2, 0.25) is 0 Å². The minimum absolute atomic E-state index is 0.00269. The summed E-state index contributed by atoms with van der Waals surface area (Å²) in [5.74, 6) is -4.53. The molecular formula is C51H62N2O14. The average Bonchev–Trinajstić information content (AvgIpc) is 3.63. The maximum atomic E-state index is 12.7. The van der Waals surface area contributed by atoms with E-state index in [9.17, 15) is 33.6 Å². The van der Waals surface area contributed by atoms with Gasteiger partial charge in [-0.25, -0.2) is 9.59 Å². The fourth-order valence-corrected chi connectivity index (χ4v) is 5.53. The quantitative estimate of drug-likeness (QED) is 0.0188. The van der Waals surface area contributed by atoms with Crippen LogP contribution in [0, 0.1) is 0 Å². The highest BCUT2D eigenvalue weighted by Crippen LogP contribution is 2.14. The number of imide groups is 1. The van der Waals surface area contributed by atoms with Gasteiger partial charge in [-0.15, -0.1) is 5.06 Å². The Hall–Kier alpha value is -6.75. The number of hydrogen-bond donors (Lipinski definition) is 1. The van der Waals surface area contributed by atoms with E-state index in [1.165, 1.54) is 57.8 Å². The number of nitrogens with zero attached hydrogens (tertiary/aromatic N) is 1. The number of esters is 3. The van der Waals surface area contributed by atoms with Crippen LogP contribution in [-0.4, -0.2) is 112 Å². The van der Waals surface area contributed by atoms with Crippen LogP contribution in [0.25, 0.3) is 0 Å². The van der Waals surface area contributed by atoms with Crippen molar-refractivity contribution >= 4 is 41.6 Å². The van der Waals surface area contributed by atoms with Gasteiger partial charge in [-0.3, -0.25) is 24.0 Å². The van der Waals surface area contributed by atoms with E-state index in [0.717, 1.165) is 25.3 Å². The Morgan fingerprint density at radius 3 is 1.69 bits per heavy atom. The minimum Gasteiger partial charge on any atom is -0.462 e. The zero-order valence-corrected chi connectivity index (χ0v) is 38.6. The van der Waals surface area contributed by atoms with E-state index >= 15 is 0 Å². The van der Waals surface area contributed by atoms with E-state index < -0.39 is 67.5 Å².